The van der Waals surface area contributed by atoms with Crippen molar-refractivity contribution in [3.8, 4) is 23.0 Å². The first-order chi connectivity index (χ1) is 25.6. The monoisotopic (exact) mass is 716 g/mol. The number of carbonyl (C=O) groups excluding carboxylic acids is 1. The Morgan fingerprint density at radius 3 is 2.15 bits per heavy atom. The standard InChI is InChI=1S/C43H52N6O4/c1-31-27-49(42(50)53-43(2,3)4)22-21-34(31)28-47-23-25-48(26-24-47)37-18-12-17-35-39(45-46(5)40(35)37)36-19-20-38(51-29-32-13-8-6-9-14-32)44-41(36)52-30-33-15-10-7-11-16-33/h6-20,31,34H,21-30H2,1-5H3. The van der Waals surface area contributed by atoms with Crippen molar-refractivity contribution in [1.82, 2.24) is 24.6 Å². The van der Waals surface area contributed by atoms with Gasteiger partial charge in [0.1, 0.15) is 24.5 Å². The molecule has 0 radical (unpaired) electrons. The van der Waals surface area contributed by atoms with Gasteiger partial charge in [0.2, 0.25) is 11.8 Å². The van der Waals surface area contributed by atoms with Crippen LogP contribution in [0.25, 0.3) is 22.2 Å². The van der Waals surface area contributed by atoms with E-state index in [2.05, 4.69) is 34.9 Å². The van der Waals surface area contributed by atoms with Gasteiger partial charge in [-0.3, -0.25) is 9.58 Å². The summed E-state index contributed by atoms with van der Waals surface area (Å²) in [6.07, 6.45) is 0.810. The molecule has 0 N–H and O–H groups in total. The number of para-hydroxylation sites is 1. The number of rotatable bonds is 10. The Balaban J connectivity index is 1.05. The summed E-state index contributed by atoms with van der Waals surface area (Å²) in [6.45, 7) is 15.3. The molecule has 3 aromatic carbocycles. The molecule has 2 aliphatic heterocycles. The lowest BCUT2D eigenvalue weighted by atomic mass is 9.86. The van der Waals surface area contributed by atoms with Crippen molar-refractivity contribution in [3.05, 3.63) is 102 Å². The molecule has 2 fully saturated rings. The topological polar surface area (TPSA) is 85.2 Å². The lowest BCUT2D eigenvalue weighted by Crippen LogP contribution is -2.51. The van der Waals surface area contributed by atoms with Gasteiger partial charge in [0, 0.05) is 64.3 Å². The van der Waals surface area contributed by atoms with Crippen LogP contribution < -0.4 is 14.4 Å². The van der Waals surface area contributed by atoms with Crippen molar-refractivity contribution < 1.29 is 19.0 Å². The Bertz CT molecular complexity index is 1990. The number of carbonyl (C=O) groups is 1. The summed E-state index contributed by atoms with van der Waals surface area (Å²) >= 11 is 0. The summed E-state index contributed by atoms with van der Waals surface area (Å²) in [6, 6.07) is 30.6. The molecule has 2 saturated heterocycles. The lowest BCUT2D eigenvalue weighted by Gasteiger charge is -2.42. The smallest absolute Gasteiger partial charge is 0.410 e. The van der Waals surface area contributed by atoms with Gasteiger partial charge in [0.15, 0.2) is 0 Å². The van der Waals surface area contributed by atoms with Crippen LogP contribution in [0.4, 0.5) is 10.5 Å². The van der Waals surface area contributed by atoms with Crippen LogP contribution in [0.2, 0.25) is 0 Å². The predicted molar refractivity (Wildman–Crippen MR) is 209 cm³/mol. The minimum absolute atomic E-state index is 0.194. The van der Waals surface area contributed by atoms with E-state index in [0.717, 1.165) is 85.5 Å². The second-order valence-electron chi connectivity index (χ2n) is 15.4. The minimum atomic E-state index is -0.473. The number of aromatic nitrogens is 3. The number of piperazine rings is 1. The molecule has 10 nitrogen and oxygen atoms in total. The third kappa shape index (κ3) is 8.76. The molecule has 1 amide bonds. The van der Waals surface area contributed by atoms with Gasteiger partial charge >= 0.3 is 6.09 Å². The number of anilines is 1. The van der Waals surface area contributed by atoms with Crippen molar-refractivity contribution in [2.24, 2.45) is 18.9 Å². The first-order valence-electron chi connectivity index (χ1n) is 18.9. The highest BCUT2D eigenvalue weighted by molar-refractivity contribution is 6.01. The molecule has 5 aromatic rings. The summed E-state index contributed by atoms with van der Waals surface area (Å²) in [7, 11) is 2.02. The molecule has 53 heavy (non-hydrogen) atoms. The van der Waals surface area contributed by atoms with E-state index in [-0.39, 0.29) is 6.09 Å². The molecule has 2 unspecified atom stereocenters. The molecule has 10 heteroatoms. The van der Waals surface area contributed by atoms with Crippen LogP contribution in [0, 0.1) is 11.8 Å². The molecule has 2 aromatic heterocycles. The van der Waals surface area contributed by atoms with Crippen LogP contribution in [-0.4, -0.2) is 82.1 Å². The molecular formula is C43H52N6O4. The number of piperidine rings is 1. The average molecular weight is 717 g/mol. The molecule has 7 rings (SSSR count). The van der Waals surface area contributed by atoms with Gasteiger partial charge in [0.25, 0.3) is 0 Å². The highest BCUT2D eigenvalue weighted by Gasteiger charge is 2.33. The van der Waals surface area contributed by atoms with Gasteiger partial charge in [-0.15, -0.1) is 0 Å². The van der Waals surface area contributed by atoms with Gasteiger partial charge in [-0.2, -0.15) is 10.1 Å². The molecule has 0 aliphatic carbocycles. The zero-order valence-corrected chi connectivity index (χ0v) is 31.7. The van der Waals surface area contributed by atoms with E-state index < -0.39 is 5.60 Å². The fraction of sp³-hybridized carbons (Fsp3) is 0.419. The maximum Gasteiger partial charge on any atom is 0.410 e. The van der Waals surface area contributed by atoms with Crippen LogP contribution in [0.5, 0.6) is 11.8 Å². The predicted octanol–water partition coefficient (Wildman–Crippen LogP) is 7.81. The SMILES string of the molecule is CC1CN(C(=O)OC(C)(C)C)CCC1CN1CCN(c2cccc3c(-c4ccc(OCc5ccccc5)nc4OCc4ccccc4)nn(C)c23)CC1. The van der Waals surface area contributed by atoms with Crippen molar-refractivity contribution in [3.63, 3.8) is 0 Å². The highest BCUT2D eigenvalue weighted by atomic mass is 16.6. The minimum Gasteiger partial charge on any atom is -0.473 e. The Kier molecular flexibility index (Phi) is 10.9. The molecule has 2 aliphatic rings. The number of aryl methyl sites for hydroxylation is 1. The summed E-state index contributed by atoms with van der Waals surface area (Å²) in [5, 5.41) is 6.13. The second-order valence-corrected chi connectivity index (χ2v) is 15.4. The number of likely N-dealkylation sites (tertiary alicyclic amines) is 1. The molecule has 0 bridgehead atoms. The first-order valence-corrected chi connectivity index (χ1v) is 18.9. The molecule has 0 saturated carbocycles. The summed E-state index contributed by atoms with van der Waals surface area (Å²) in [4.78, 5) is 24.5. The van der Waals surface area contributed by atoms with Gasteiger partial charge in [-0.25, -0.2) is 4.79 Å². The summed E-state index contributed by atoms with van der Waals surface area (Å²) in [5.41, 5.74) is 5.60. The normalized spacial score (nSPS) is 18.3. The number of fused-ring (bicyclic) bond motifs is 1. The van der Waals surface area contributed by atoms with E-state index in [0.29, 0.717) is 36.8 Å². The van der Waals surface area contributed by atoms with E-state index in [4.69, 9.17) is 24.3 Å². The second kappa shape index (κ2) is 15.9. The number of benzene rings is 3. The number of ether oxygens (including phenoxy) is 3. The Hall–Kier alpha value is -5.09. The van der Waals surface area contributed by atoms with E-state index in [1.165, 1.54) is 5.69 Å². The van der Waals surface area contributed by atoms with Gasteiger partial charge in [0.05, 0.1) is 16.8 Å². The maximum atomic E-state index is 12.7. The Morgan fingerprint density at radius 1 is 0.811 bits per heavy atom. The number of amides is 1. The summed E-state index contributed by atoms with van der Waals surface area (Å²) < 4.78 is 20.2. The average Bonchev–Trinajstić information content (AvgIpc) is 3.50. The van der Waals surface area contributed by atoms with Gasteiger partial charge < -0.3 is 24.0 Å². The van der Waals surface area contributed by atoms with Crippen molar-refractivity contribution in [1.29, 1.82) is 0 Å². The lowest BCUT2D eigenvalue weighted by molar-refractivity contribution is 0.00880. The van der Waals surface area contributed by atoms with Gasteiger partial charge in [-0.1, -0.05) is 79.7 Å². The quantitative estimate of drug-likeness (QED) is 0.145. The van der Waals surface area contributed by atoms with Crippen LogP contribution in [-0.2, 0) is 25.0 Å². The third-order valence-corrected chi connectivity index (χ3v) is 10.3. The van der Waals surface area contributed by atoms with E-state index >= 15 is 0 Å². The molecule has 278 valence electrons. The number of pyridine rings is 1. The van der Waals surface area contributed by atoms with Crippen molar-refractivity contribution in [2.45, 2.75) is 52.9 Å². The zero-order chi connectivity index (χ0) is 37.0. The first kappa shape index (κ1) is 36.3. The largest absolute Gasteiger partial charge is 0.473 e. The number of hydrogen-bond donors (Lipinski definition) is 0. The molecular weight excluding hydrogens is 665 g/mol. The number of hydrogen-bond acceptors (Lipinski definition) is 8. The van der Waals surface area contributed by atoms with Crippen molar-refractivity contribution in [2.75, 3.05) is 50.7 Å². The Labute approximate surface area is 313 Å². The fourth-order valence-electron chi connectivity index (χ4n) is 7.48. The van der Waals surface area contributed by atoms with E-state index in [1.54, 1.807) is 0 Å². The molecule has 0 spiro atoms. The van der Waals surface area contributed by atoms with E-state index in [9.17, 15) is 4.79 Å². The Morgan fingerprint density at radius 2 is 1.49 bits per heavy atom. The van der Waals surface area contributed by atoms with Crippen LogP contribution in [0.1, 0.15) is 45.2 Å². The summed E-state index contributed by atoms with van der Waals surface area (Å²) in [5.74, 6) is 1.98. The third-order valence-electron chi connectivity index (χ3n) is 10.3. The van der Waals surface area contributed by atoms with Gasteiger partial charge in [-0.05, 0) is 62.3 Å². The molecule has 2 atom stereocenters. The van der Waals surface area contributed by atoms with Crippen LogP contribution >= 0.6 is 0 Å². The van der Waals surface area contributed by atoms with E-state index in [1.807, 2.05) is 110 Å². The van der Waals surface area contributed by atoms with Crippen molar-refractivity contribution >= 4 is 22.7 Å². The van der Waals surface area contributed by atoms with Crippen LogP contribution in [0.3, 0.4) is 0 Å². The maximum absolute atomic E-state index is 12.7. The highest BCUT2D eigenvalue weighted by Crippen LogP contribution is 2.38. The van der Waals surface area contributed by atoms with Crippen LogP contribution in [0.15, 0.2) is 91.0 Å². The molecule has 4 heterocycles. The number of nitrogens with zero attached hydrogens (tertiary/aromatic N) is 6. The fourth-order valence-corrected chi connectivity index (χ4v) is 7.48. The zero-order valence-electron chi connectivity index (χ0n) is 31.7.